The highest BCUT2D eigenvalue weighted by atomic mass is 16.5. The largest absolute Gasteiger partial charge is 0.469 e. The summed E-state index contributed by atoms with van der Waals surface area (Å²) in [6.45, 7) is 9.87. The van der Waals surface area contributed by atoms with Crippen molar-refractivity contribution in [2.24, 2.45) is 5.41 Å². The zero-order valence-electron chi connectivity index (χ0n) is 20.4. The number of ether oxygens (including phenoxy) is 1. The van der Waals surface area contributed by atoms with E-state index in [4.69, 9.17) is 4.74 Å². The summed E-state index contributed by atoms with van der Waals surface area (Å²) in [5.41, 5.74) is 3.17. The van der Waals surface area contributed by atoms with E-state index < -0.39 is 17.7 Å². The topological polar surface area (TPSA) is 78.9 Å². The summed E-state index contributed by atoms with van der Waals surface area (Å²) >= 11 is 0. The van der Waals surface area contributed by atoms with Crippen molar-refractivity contribution in [2.45, 2.75) is 79.2 Å². The molecule has 178 valence electrons. The molecule has 0 aliphatic carbocycles. The van der Waals surface area contributed by atoms with Crippen LogP contribution in [0.2, 0.25) is 0 Å². The van der Waals surface area contributed by atoms with Crippen molar-refractivity contribution in [3.63, 3.8) is 0 Å². The SMILES string of the molecule is CCC[C@@H](NC(=O)N1C(=O)C(CC)(CC)[C@@H]1Oc1ccc(CO)c(C)c1)c1ccc(C)cc1. The van der Waals surface area contributed by atoms with Crippen LogP contribution in [0.5, 0.6) is 5.75 Å². The van der Waals surface area contributed by atoms with E-state index in [2.05, 4.69) is 12.2 Å². The number of likely N-dealkylation sites (tertiary alicyclic amines) is 1. The van der Waals surface area contributed by atoms with E-state index in [-0.39, 0.29) is 18.6 Å². The minimum atomic E-state index is -0.731. The van der Waals surface area contributed by atoms with Gasteiger partial charge in [0.2, 0.25) is 5.91 Å². The van der Waals surface area contributed by atoms with Crippen molar-refractivity contribution in [2.75, 3.05) is 0 Å². The zero-order valence-corrected chi connectivity index (χ0v) is 20.4. The minimum Gasteiger partial charge on any atom is -0.469 e. The van der Waals surface area contributed by atoms with Gasteiger partial charge < -0.3 is 15.2 Å². The number of nitrogens with zero attached hydrogens (tertiary/aromatic N) is 1. The highest BCUT2D eigenvalue weighted by Gasteiger charge is 2.63. The molecule has 1 aliphatic rings. The highest BCUT2D eigenvalue weighted by molar-refractivity contribution is 6.03. The molecule has 2 N–H and O–H groups in total. The highest BCUT2D eigenvalue weighted by Crippen LogP contribution is 2.46. The second-order valence-electron chi connectivity index (χ2n) is 8.96. The molecule has 2 aromatic carbocycles. The number of carbonyl (C=O) groups excluding carboxylic acids is 2. The molecule has 6 nitrogen and oxygen atoms in total. The van der Waals surface area contributed by atoms with Crippen LogP contribution in [-0.2, 0) is 11.4 Å². The van der Waals surface area contributed by atoms with Gasteiger partial charge in [-0.25, -0.2) is 9.69 Å². The molecule has 2 atom stereocenters. The molecule has 0 bridgehead atoms. The first-order valence-electron chi connectivity index (χ1n) is 11.9. The maximum atomic E-state index is 13.3. The van der Waals surface area contributed by atoms with Crippen LogP contribution < -0.4 is 10.1 Å². The van der Waals surface area contributed by atoms with E-state index >= 15 is 0 Å². The molecule has 3 amide bonds. The van der Waals surface area contributed by atoms with E-state index in [0.717, 1.165) is 35.1 Å². The second-order valence-corrected chi connectivity index (χ2v) is 8.96. The number of benzene rings is 2. The summed E-state index contributed by atoms with van der Waals surface area (Å²) in [6.07, 6.45) is 2.16. The van der Waals surface area contributed by atoms with Gasteiger partial charge in [-0.05, 0) is 61.9 Å². The maximum Gasteiger partial charge on any atom is 0.327 e. The molecular formula is C27H36N2O4. The van der Waals surface area contributed by atoms with Crippen molar-refractivity contribution in [1.29, 1.82) is 0 Å². The molecule has 1 aliphatic heterocycles. The lowest BCUT2D eigenvalue weighted by molar-refractivity contribution is -0.191. The number of amides is 3. The predicted molar refractivity (Wildman–Crippen MR) is 129 cm³/mol. The first-order chi connectivity index (χ1) is 15.8. The minimum absolute atomic E-state index is 0.0474. The number of urea groups is 1. The van der Waals surface area contributed by atoms with Crippen molar-refractivity contribution in [1.82, 2.24) is 10.2 Å². The van der Waals surface area contributed by atoms with Crippen LogP contribution in [0.1, 0.15) is 74.8 Å². The Kier molecular flexibility index (Phi) is 7.80. The Labute approximate surface area is 196 Å². The summed E-state index contributed by atoms with van der Waals surface area (Å²) in [5.74, 6) is 0.382. The molecule has 3 rings (SSSR count). The van der Waals surface area contributed by atoms with Crippen LogP contribution >= 0.6 is 0 Å². The van der Waals surface area contributed by atoms with E-state index in [9.17, 15) is 14.7 Å². The third-order valence-corrected chi connectivity index (χ3v) is 6.92. The number of carbonyl (C=O) groups is 2. The van der Waals surface area contributed by atoms with Crippen LogP contribution in [0, 0.1) is 19.3 Å². The molecule has 0 spiro atoms. The third kappa shape index (κ3) is 4.76. The Balaban J connectivity index is 1.85. The van der Waals surface area contributed by atoms with Crippen molar-refractivity contribution < 1.29 is 19.4 Å². The summed E-state index contributed by atoms with van der Waals surface area (Å²) in [5, 5.41) is 12.5. The summed E-state index contributed by atoms with van der Waals surface area (Å²) in [4.78, 5) is 27.8. The van der Waals surface area contributed by atoms with Gasteiger partial charge in [0.15, 0.2) is 6.23 Å². The zero-order chi connectivity index (χ0) is 24.2. The molecular weight excluding hydrogens is 416 g/mol. The number of aliphatic hydroxyl groups is 1. The standard InChI is InChI=1S/C27H36N2O4/c1-6-9-23(20-12-10-18(4)11-13-20)28-26(32)29-24(31)27(7-2,8-3)25(29)33-22-15-14-21(17-30)19(5)16-22/h10-16,23,25,30H,6-9,17H2,1-5H3,(H,28,32)/t23-,25+/m1/s1. The fourth-order valence-corrected chi connectivity index (χ4v) is 4.58. The van der Waals surface area contributed by atoms with E-state index in [0.29, 0.717) is 18.6 Å². The van der Waals surface area contributed by atoms with Gasteiger partial charge in [0.1, 0.15) is 11.2 Å². The van der Waals surface area contributed by atoms with Crippen molar-refractivity contribution in [3.05, 3.63) is 64.7 Å². The number of hydrogen-bond donors (Lipinski definition) is 2. The van der Waals surface area contributed by atoms with E-state index in [1.165, 1.54) is 4.90 Å². The second kappa shape index (κ2) is 10.4. The smallest absolute Gasteiger partial charge is 0.327 e. The van der Waals surface area contributed by atoms with Crippen LogP contribution in [0.25, 0.3) is 0 Å². The number of β-lactam (4-membered cyclic amide) rings is 1. The number of aliphatic hydroxyl groups excluding tert-OH is 1. The Morgan fingerprint density at radius 2 is 1.79 bits per heavy atom. The van der Waals surface area contributed by atoms with Gasteiger partial charge in [0.05, 0.1) is 12.6 Å². The molecule has 0 unspecified atom stereocenters. The molecule has 6 heteroatoms. The fraction of sp³-hybridized carbons (Fsp3) is 0.481. The van der Waals surface area contributed by atoms with E-state index in [1.807, 2.05) is 64.1 Å². The lowest BCUT2D eigenvalue weighted by atomic mass is 9.72. The molecule has 1 fully saturated rings. The van der Waals surface area contributed by atoms with Crippen LogP contribution in [0.4, 0.5) is 4.79 Å². The van der Waals surface area contributed by atoms with Crippen LogP contribution in [0.3, 0.4) is 0 Å². The average Bonchev–Trinajstić information content (AvgIpc) is 2.80. The molecule has 33 heavy (non-hydrogen) atoms. The number of aryl methyl sites for hydroxylation is 2. The van der Waals surface area contributed by atoms with Gasteiger partial charge in [-0.3, -0.25) is 4.79 Å². The molecule has 2 aromatic rings. The van der Waals surface area contributed by atoms with Gasteiger partial charge in [-0.1, -0.05) is 63.1 Å². The van der Waals surface area contributed by atoms with Crippen molar-refractivity contribution in [3.8, 4) is 5.75 Å². The predicted octanol–water partition coefficient (Wildman–Crippen LogP) is 5.40. The van der Waals surface area contributed by atoms with E-state index in [1.54, 1.807) is 6.07 Å². The first kappa shape index (κ1) is 24.8. The molecule has 0 radical (unpaired) electrons. The summed E-state index contributed by atoms with van der Waals surface area (Å²) in [7, 11) is 0. The number of rotatable bonds is 9. The Morgan fingerprint density at radius 3 is 2.33 bits per heavy atom. The summed E-state index contributed by atoms with van der Waals surface area (Å²) < 4.78 is 6.26. The van der Waals surface area contributed by atoms with Gasteiger partial charge >= 0.3 is 6.03 Å². The Hall–Kier alpha value is -2.86. The normalized spacial score (nSPS) is 17.9. The molecule has 1 saturated heterocycles. The van der Waals surface area contributed by atoms with Gasteiger partial charge in [0, 0.05) is 0 Å². The monoisotopic (exact) mass is 452 g/mol. The van der Waals surface area contributed by atoms with Gasteiger partial charge in [0.25, 0.3) is 0 Å². The lowest BCUT2D eigenvalue weighted by Gasteiger charge is -2.53. The molecule has 0 saturated carbocycles. The van der Waals surface area contributed by atoms with Gasteiger partial charge in [-0.15, -0.1) is 0 Å². The van der Waals surface area contributed by atoms with Crippen LogP contribution in [0.15, 0.2) is 42.5 Å². The number of nitrogens with one attached hydrogen (secondary N) is 1. The Bertz CT molecular complexity index is 982. The fourth-order valence-electron chi connectivity index (χ4n) is 4.58. The third-order valence-electron chi connectivity index (χ3n) is 6.92. The van der Waals surface area contributed by atoms with Crippen LogP contribution in [-0.4, -0.2) is 28.2 Å². The Morgan fingerprint density at radius 1 is 1.12 bits per heavy atom. The number of imide groups is 1. The maximum absolute atomic E-state index is 13.3. The van der Waals surface area contributed by atoms with Gasteiger partial charge in [-0.2, -0.15) is 0 Å². The van der Waals surface area contributed by atoms with Crippen molar-refractivity contribution >= 4 is 11.9 Å². The lowest BCUT2D eigenvalue weighted by Crippen LogP contribution is -2.73. The first-order valence-corrected chi connectivity index (χ1v) is 11.9. The molecule has 0 aromatic heterocycles. The number of hydrogen-bond acceptors (Lipinski definition) is 4. The quantitative estimate of drug-likeness (QED) is 0.499. The average molecular weight is 453 g/mol. The summed E-state index contributed by atoms with van der Waals surface area (Å²) in [6, 6.07) is 12.9. The molecule has 1 heterocycles.